The average Bonchev–Trinajstić information content (AvgIpc) is 3.18. The van der Waals surface area contributed by atoms with E-state index in [4.69, 9.17) is 9.98 Å². The molecule has 51 heavy (non-hydrogen) atoms. The van der Waals surface area contributed by atoms with Crippen molar-refractivity contribution < 1.29 is 0 Å². The molecule has 0 saturated heterocycles. The number of allylic oxidation sites excluding steroid dienone is 7. The van der Waals surface area contributed by atoms with Crippen LogP contribution in [0.2, 0.25) is 0 Å². The fourth-order valence-corrected chi connectivity index (χ4v) is 6.32. The molecule has 0 aliphatic rings. The maximum Gasteiger partial charge on any atom is 0.0780 e. The first-order chi connectivity index (χ1) is 24.9. The van der Waals surface area contributed by atoms with E-state index in [1.807, 2.05) is 54.8 Å². The molecule has 0 N–H and O–H groups in total. The summed E-state index contributed by atoms with van der Waals surface area (Å²) in [6.45, 7) is 18.3. The molecule has 0 bridgehead atoms. The number of rotatable bonds is 11. The molecule has 0 saturated carbocycles. The summed E-state index contributed by atoms with van der Waals surface area (Å²) in [5.41, 5.74) is 16.0. The number of hydrogen-bond acceptors (Lipinski definition) is 2. The van der Waals surface area contributed by atoms with Gasteiger partial charge in [0.05, 0.1) is 11.2 Å². The average molecular weight is 659 g/mol. The van der Waals surface area contributed by atoms with Crippen molar-refractivity contribution in [1.82, 2.24) is 4.98 Å². The van der Waals surface area contributed by atoms with E-state index in [9.17, 15) is 0 Å². The van der Waals surface area contributed by atoms with Gasteiger partial charge in [-0.1, -0.05) is 153 Å². The van der Waals surface area contributed by atoms with Crippen LogP contribution in [0.3, 0.4) is 0 Å². The molecule has 0 aliphatic heterocycles. The van der Waals surface area contributed by atoms with Crippen LogP contribution in [0.4, 0.5) is 0 Å². The van der Waals surface area contributed by atoms with Crippen LogP contribution >= 0.6 is 0 Å². The van der Waals surface area contributed by atoms with Crippen LogP contribution in [0.1, 0.15) is 36.1 Å². The largest absolute Gasteiger partial charge is 0.256 e. The Balaban J connectivity index is 1.51. The van der Waals surface area contributed by atoms with Gasteiger partial charge in [0.1, 0.15) is 0 Å². The van der Waals surface area contributed by atoms with Crippen molar-refractivity contribution in [2.45, 2.75) is 20.8 Å². The Hall–Kier alpha value is -6.38. The predicted octanol–water partition coefficient (Wildman–Crippen LogP) is 13.3. The van der Waals surface area contributed by atoms with E-state index in [0.717, 1.165) is 72.4 Å². The van der Waals surface area contributed by atoms with E-state index in [1.165, 1.54) is 16.7 Å². The third-order valence-electron chi connectivity index (χ3n) is 9.21. The molecular formula is C49H42N2. The van der Waals surface area contributed by atoms with E-state index in [2.05, 4.69) is 144 Å². The van der Waals surface area contributed by atoms with Gasteiger partial charge in [0, 0.05) is 28.4 Å². The maximum absolute atomic E-state index is 5.18. The van der Waals surface area contributed by atoms with Gasteiger partial charge in [-0.05, 0) is 101 Å². The Morgan fingerprint density at radius 1 is 0.647 bits per heavy atom. The van der Waals surface area contributed by atoms with Crippen LogP contribution in [-0.2, 0) is 0 Å². The highest BCUT2D eigenvalue weighted by atomic mass is 14.8. The van der Waals surface area contributed by atoms with Crippen LogP contribution in [0, 0.1) is 6.92 Å². The fraction of sp³-hybridized carbons (Fsp3) is 0.0612. The van der Waals surface area contributed by atoms with E-state index in [0.29, 0.717) is 0 Å². The molecule has 5 aromatic carbocycles. The van der Waals surface area contributed by atoms with Crippen LogP contribution in [-0.4, -0.2) is 10.7 Å². The number of aromatic nitrogens is 1. The van der Waals surface area contributed by atoms with E-state index >= 15 is 0 Å². The van der Waals surface area contributed by atoms with Gasteiger partial charge < -0.3 is 0 Å². The highest BCUT2D eigenvalue weighted by molar-refractivity contribution is 6.02. The minimum Gasteiger partial charge on any atom is -0.256 e. The van der Waals surface area contributed by atoms with Crippen molar-refractivity contribution >= 4 is 28.4 Å². The number of para-hydroxylation sites is 1. The monoisotopic (exact) mass is 658 g/mol. The molecule has 1 heterocycles. The summed E-state index contributed by atoms with van der Waals surface area (Å²) in [4.78, 5) is 9.98. The van der Waals surface area contributed by atoms with Crippen LogP contribution in [0.5, 0.6) is 0 Å². The summed E-state index contributed by atoms with van der Waals surface area (Å²) in [7, 11) is 0. The highest BCUT2D eigenvalue weighted by Crippen LogP contribution is 2.37. The molecule has 2 nitrogen and oxygen atoms in total. The summed E-state index contributed by atoms with van der Waals surface area (Å²) < 4.78 is 0. The smallest absolute Gasteiger partial charge is 0.0780 e. The molecule has 0 radical (unpaired) electrons. The van der Waals surface area contributed by atoms with Crippen LogP contribution < -0.4 is 0 Å². The maximum atomic E-state index is 5.18. The lowest BCUT2D eigenvalue weighted by molar-refractivity contribution is 1.36. The van der Waals surface area contributed by atoms with Gasteiger partial charge >= 0.3 is 0 Å². The van der Waals surface area contributed by atoms with Gasteiger partial charge in [-0.25, -0.2) is 0 Å². The van der Waals surface area contributed by atoms with Crippen molar-refractivity contribution in [1.29, 1.82) is 0 Å². The molecule has 0 aliphatic carbocycles. The third-order valence-corrected chi connectivity index (χ3v) is 9.21. The van der Waals surface area contributed by atoms with Gasteiger partial charge in [0.15, 0.2) is 0 Å². The Kier molecular flexibility index (Phi) is 10.7. The molecule has 248 valence electrons. The molecule has 0 fully saturated rings. The van der Waals surface area contributed by atoms with Crippen molar-refractivity contribution in [2.75, 3.05) is 0 Å². The van der Waals surface area contributed by atoms with E-state index in [-0.39, 0.29) is 0 Å². The van der Waals surface area contributed by atoms with Crippen molar-refractivity contribution in [3.8, 4) is 33.4 Å². The van der Waals surface area contributed by atoms with Crippen LogP contribution in [0.15, 0.2) is 194 Å². The zero-order valence-corrected chi connectivity index (χ0v) is 29.6. The third kappa shape index (κ3) is 7.77. The lowest BCUT2D eigenvalue weighted by atomic mass is 9.89. The van der Waals surface area contributed by atoms with Gasteiger partial charge in [-0.15, -0.1) is 0 Å². The Bertz CT molecular complexity index is 2360. The first kappa shape index (κ1) is 34.5. The number of fused-ring (bicyclic) bond motifs is 1. The number of aliphatic imine (C=N–C) groups is 1. The zero-order valence-electron chi connectivity index (χ0n) is 29.6. The van der Waals surface area contributed by atoms with Crippen molar-refractivity contribution in [2.24, 2.45) is 4.99 Å². The number of pyridine rings is 1. The Labute approximate surface area is 302 Å². The number of hydrogen-bond donors (Lipinski definition) is 0. The SMILES string of the molecule is C=C/C=C\C(=C)/C(C)=C(\N=C(C)c1ccccc1)c1ccc(-c2cc(-c3cccc(/C=C\C=C)c3C)cc(-c3cccc4cccnc34)c2)cc1. The molecule has 1 aromatic heterocycles. The molecule has 6 aromatic rings. The summed E-state index contributed by atoms with van der Waals surface area (Å²) >= 11 is 0. The Morgan fingerprint density at radius 3 is 2.06 bits per heavy atom. The van der Waals surface area contributed by atoms with Crippen molar-refractivity contribution in [3.63, 3.8) is 0 Å². The summed E-state index contributed by atoms with van der Waals surface area (Å²) in [6, 6.07) is 42.8. The second-order valence-electron chi connectivity index (χ2n) is 12.5. The zero-order chi connectivity index (χ0) is 35.7. The number of nitrogens with zero attached hydrogens (tertiary/aromatic N) is 2. The highest BCUT2D eigenvalue weighted by Gasteiger charge is 2.14. The minimum atomic E-state index is 0.887. The van der Waals surface area contributed by atoms with Gasteiger partial charge in [-0.3, -0.25) is 9.98 Å². The Morgan fingerprint density at radius 2 is 1.31 bits per heavy atom. The predicted molar refractivity (Wildman–Crippen MR) is 222 cm³/mol. The second-order valence-corrected chi connectivity index (χ2v) is 12.5. The standard InChI is InChI=1S/C49H42N2/c1-7-9-17-34(3)35(4)48(51-37(6)39-19-12-11-13-20-39)42-28-26-40(27-29-42)43-31-44(46-24-14-21-38(36(46)5)18-10-8-2)33-45(32-43)47-25-15-22-41-23-16-30-50-49(41)47/h7-33H,1-3H2,4-6H3/b17-9-,18-10-,48-35-,51-37?. The molecule has 0 atom stereocenters. The van der Waals surface area contributed by atoms with E-state index in [1.54, 1.807) is 6.08 Å². The quantitative estimate of drug-likeness (QED) is 0.100. The van der Waals surface area contributed by atoms with Crippen molar-refractivity contribution in [3.05, 3.63) is 211 Å². The first-order valence-corrected chi connectivity index (χ1v) is 17.2. The second kappa shape index (κ2) is 15.9. The van der Waals surface area contributed by atoms with E-state index < -0.39 is 0 Å². The van der Waals surface area contributed by atoms with Gasteiger partial charge in [0.25, 0.3) is 0 Å². The topological polar surface area (TPSA) is 25.2 Å². The first-order valence-electron chi connectivity index (χ1n) is 17.2. The summed E-state index contributed by atoms with van der Waals surface area (Å²) in [6.07, 6.45) is 13.4. The summed E-state index contributed by atoms with van der Waals surface area (Å²) in [5.74, 6) is 0. The molecule has 6 rings (SSSR count). The number of benzene rings is 5. The van der Waals surface area contributed by atoms with Gasteiger partial charge in [-0.2, -0.15) is 0 Å². The van der Waals surface area contributed by atoms with Crippen LogP contribution in [0.25, 0.3) is 56.1 Å². The molecule has 0 amide bonds. The fourth-order valence-electron chi connectivity index (χ4n) is 6.32. The minimum absolute atomic E-state index is 0.887. The lowest BCUT2D eigenvalue weighted by Gasteiger charge is -2.16. The molecule has 2 heteroatoms. The molecule has 0 spiro atoms. The molecule has 0 unspecified atom stereocenters. The summed E-state index contributed by atoms with van der Waals surface area (Å²) in [5, 5.41) is 1.12. The normalized spacial score (nSPS) is 12.3. The van der Waals surface area contributed by atoms with Gasteiger partial charge in [0.2, 0.25) is 0 Å². The lowest BCUT2D eigenvalue weighted by Crippen LogP contribution is -1.98. The molecular weight excluding hydrogens is 617 g/mol.